The topological polar surface area (TPSA) is 105 Å². The third-order valence-electron chi connectivity index (χ3n) is 6.37. The molecule has 1 heterocycles. The molecule has 1 aliphatic heterocycles. The maximum Gasteiger partial charge on any atom is 0.311 e. The molecule has 1 aliphatic carbocycles. The van der Waals surface area contributed by atoms with E-state index in [0.29, 0.717) is 29.8 Å². The van der Waals surface area contributed by atoms with Gasteiger partial charge in [0.2, 0.25) is 11.8 Å². The molecule has 3 rings (SSSR count). The number of carbonyl (C=O) groups is 4. The lowest BCUT2D eigenvalue weighted by atomic mass is 9.77. The van der Waals surface area contributed by atoms with Crippen LogP contribution in [0.1, 0.15) is 46.5 Å². The second-order valence-corrected chi connectivity index (χ2v) is 8.70. The number of hydrogen-bond donors (Lipinski definition) is 2. The van der Waals surface area contributed by atoms with E-state index in [1.165, 1.54) is 13.3 Å². The first-order valence-corrected chi connectivity index (χ1v) is 10.9. The van der Waals surface area contributed by atoms with Crippen molar-refractivity contribution in [1.29, 1.82) is 0 Å². The first-order chi connectivity index (χ1) is 14.7. The van der Waals surface area contributed by atoms with Gasteiger partial charge in [0.25, 0.3) is 5.91 Å². The molecule has 0 unspecified atom stereocenters. The zero-order valence-corrected chi connectivity index (χ0v) is 18.3. The van der Waals surface area contributed by atoms with Gasteiger partial charge in [-0.15, -0.1) is 0 Å². The summed E-state index contributed by atoms with van der Waals surface area (Å²) in [5.41, 5.74) is 1.04. The van der Waals surface area contributed by atoms with E-state index in [-0.39, 0.29) is 24.3 Å². The number of nitrogens with one attached hydrogen (secondary N) is 2. The molecule has 0 spiro atoms. The van der Waals surface area contributed by atoms with E-state index in [0.717, 1.165) is 12.8 Å². The maximum atomic E-state index is 12.5. The Morgan fingerprint density at radius 3 is 2.55 bits per heavy atom. The van der Waals surface area contributed by atoms with Gasteiger partial charge in [-0.1, -0.05) is 32.8 Å². The van der Waals surface area contributed by atoms with E-state index in [9.17, 15) is 19.2 Å². The fourth-order valence-corrected chi connectivity index (χ4v) is 4.53. The van der Waals surface area contributed by atoms with Gasteiger partial charge in [-0.3, -0.25) is 19.2 Å². The highest BCUT2D eigenvalue weighted by molar-refractivity contribution is 5.95. The van der Waals surface area contributed by atoms with Crippen LogP contribution >= 0.6 is 0 Å². The van der Waals surface area contributed by atoms with Gasteiger partial charge >= 0.3 is 5.97 Å². The van der Waals surface area contributed by atoms with Crippen LogP contribution in [0.3, 0.4) is 0 Å². The van der Waals surface area contributed by atoms with Crippen LogP contribution in [0, 0.1) is 17.8 Å². The molecular weight excluding hydrogens is 398 g/mol. The molecule has 2 aliphatic rings. The van der Waals surface area contributed by atoms with E-state index in [2.05, 4.69) is 24.5 Å². The zero-order chi connectivity index (χ0) is 22.5. The fraction of sp³-hybridized carbons (Fsp3) is 0.565. The van der Waals surface area contributed by atoms with Gasteiger partial charge < -0.3 is 20.3 Å². The maximum absolute atomic E-state index is 12.5. The summed E-state index contributed by atoms with van der Waals surface area (Å²) in [5.74, 6) is -0.787. The van der Waals surface area contributed by atoms with Crippen LogP contribution in [-0.2, 0) is 23.9 Å². The van der Waals surface area contributed by atoms with Crippen LogP contribution in [0.25, 0.3) is 0 Å². The molecule has 8 heteroatoms. The average Bonchev–Trinajstić information content (AvgIpc) is 3.09. The van der Waals surface area contributed by atoms with Crippen LogP contribution in [-0.4, -0.2) is 47.8 Å². The first kappa shape index (κ1) is 22.8. The molecular formula is C23H31N3O5. The number of carbonyl (C=O) groups excluding carboxylic acids is 4. The van der Waals surface area contributed by atoms with Crippen LogP contribution < -0.4 is 10.6 Å². The molecule has 3 amide bonds. The Labute approximate surface area is 182 Å². The number of ether oxygens (including phenoxy) is 1. The lowest BCUT2D eigenvalue weighted by Gasteiger charge is -2.39. The van der Waals surface area contributed by atoms with Crippen LogP contribution in [0.5, 0.6) is 0 Å². The second-order valence-electron chi connectivity index (χ2n) is 8.70. The molecule has 8 nitrogen and oxygen atoms in total. The van der Waals surface area contributed by atoms with Gasteiger partial charge in [0.05, 0.1) is 5.92 Å². The van der Waals surface area contributed by atoms with Crippen molar-refractivity contribution < 1.29 is 23.9 Å². The van der Waals surface area contributed by atoms with E-state index in [1.807, 2.05) is 4.90 Å². The molecule has 1 aromatic rings. The summed E-state index contributed by atoms with van der Waals surface area (Å²) in [6.45, 7) is 5.73. The monoisotopic (exact) mass is 429 g/mol. The highest BCUT2D eigenvalue weighted by atomic mass is 16.5. The van der Waals surface area contributed by atoms with E-state index in [4.69, 9.17) is 4.74 Å². The zero-order valence-electron chi connectivity index (χ0n) is 18.3. The normalized spacial score (nSPS) is 25.8. The first-order valence-electron chi connectivity index (χ1n) is 10.9. The van der Waals surface area contributed by atoms with Crippen molar-refractivity contribution in [3.63, 3.8) is 0 Å². The Morgan fingerprint density at radius 1 is 1.13 bits per heavy atom. The van der Waals surface area contributed by atoms with Gasteiger partial charge in [-0.2, -0.15) is 0 Å². The summed E-state index contributed by atoms with van der Waals surface area (Å²) >= 11 is 0. The minimum absolute atomic E-state index is 0.00728. The van der Waals surface area contributed by atoms with Crippen molar-refractivity contribution in [2.75, 3.05) is 23.8 Å². The Balaban J connectivity index is 1.49. The Kier molecular flexibility index (Phi) is 7.30. The second kappa shape index (κ2) is 9.94. The van der Waals surface area contributed by atoms with Gasteiger partial charge in [-0.25, -0.2) is 0 Å². The van der Waals surface area contributed by atoms with Crippen molar-refractivity contribution in [2.24, 2.45) is 17.8 Å². The molecule has 31 heavy (non-hydrogen) atoms. The Morgan fingerprint density at radius 2 is 1.84 bits per heavy atom. The number of esters is 1. The summed E-state index contributed by atoms with van der Waals surface area (Å²) in [6, 6.07) is 6.85. The largest absolute Gasteiger partial charge is 0.455 e. The molecule has 1 aromatic carbocycles. The number of rotatable bonds is 6. The number of hydrogen-bond acceptors (Lipinski definition) is 5. The van der Waals surface area contributed by atoms with Crippen LogP contribution in [0.4, 0.5) is 11.4 Å². The van der Waals surface area contributed by atoms with Gasteiger partial charge in [0.1, 0.15) is 0 Å². The van der Waals surface area contributed by atoms with Crippen molar-refractivity contribution in [3.8, 4) is 0 Å². The molecule has 0 bridgehead atoms. The lowest BCUT2D eigenvalue weighted by molar-refractivity contribution is -0.151. The average molecular weight is 430 g/mol. The highest BCUT2D eigenvalue weighted by Gasteiger charge is 2.42. The lowest BCUT2D eigenvalue weighted by Crippen LogP contribution is -2.45. The minimum Gasteiger partial charge on any atom is -0.455 e. The van der Waals surface area contributed by atoms with Gasteiger partial charge in [0.15, 0.2) is 6.61 Å². The number of likely N-dealkylation sites (tertiary alicyclic amines) is 1. The number of anilines is 2. The summed E-state index contributed by atoms with van der Waals surface area (Å²) in [7, 11) is 0. The molecule has 168 valence electrons. The third-order valence-corrected chi connectivity index (χ3v) is 6.37. The van der Waals surface area contributed by atoms with E-state index < -0.39 is 24.4 Å². The van der Waals surface area contributed by atoms with Crippen LogP contribution in [0.2, 0.25) is 0 Å². The fourth-order valence-electron chi connectivity index (χ4n) is 4.53. The SMILES string of the molecule is CC(=O)Nc1cccc(NC(=O)COC(=O)[C@@H]2CC(=O)N([C@H]3CCC[C@@H](C)[C@H]3C)C2)c1. The third kappa shape index (κ3) is 5.83. The van der Waals surface area contributed by atoms with Crippen LogP contribution in [0.15, 0.2) is 24.3 Å². The summed E-state index contributed by atoms with van der Waals surface area (Å²) < 4.78 is 5.19. The van der Waals surface area contributed by atoms with Gasteiger partial charge in [0, 0.05) is 37.3 Å². The Bertz CT molecular complexity index is 855. The highest BCUT2D eigenvalue weighted by Crippen LogP contribution is 2.35. The van der Waals surface area contributed by atoms with E-state index in [1.54, 1.807) is 24.3 Å². The van der Waals surface area contributed by atoms with Gasteiger partial charge in [-0.05, 0) is 36.5 Å². The summed E-state index contributed by atoms with van der Waals surface area (Å²) in [5, 5.41) is 5.27. The molecule has 2 N–H and O–H groups in total. The molecule has 4 atom stereocenters. The molecule has 0 radical (unpaired) electrons. The summed E-state index contributed by atoms with van der Waals surface area (Å²) in [4.78, 5) is 50.2. The predicted octanol–water partition coefficient (Wildman–Crippen LogP) is 2.80. The molecule has 1 saturated heterocycles. The van der Waals surface area contributed by atoms with Crippen molar-refractivity contribution in [3.05, 3.63) is 24.3 Å². The number of amides is 3. The standard InChI is InChI=1S/C23H31N3O5/c1-14-6-4-9-20(15(14)2)26-12-17(10-22(26)29)23(30)31-13-21(28)25-19-8-5-7-18(11-19)24-16(3)27/h5,7-8,11,14-15,17,20H,4,6,9-10,12-13H2,1-3H3,(H,24,27)(H,25,28)/t14-,15-,17-,20+/m1/s1. The smallest absolute Gasteiger partial charge is 0.311 e. The van der Waals surface area contributed by atoms with Crippen molar-refractivity contribution in [2.45, 2.75) is 52.5 Å². The number of nitrogens with zero attached hydrogens (tertiary/aromatic N) is 1. The minimum atomic E-state index is -0.534. The van der Waals surface area contributed by atoms with Crippen molar-refractivity contribution >= 4 is 35.1 Å². The van der Waals surface area contributed by atoms with Crippen molar-refractivity contribution in [1.82, 2.24) is 4.90 Å². The summed E-state index contributed by atoms with van der Waals surface area (Å²) in [6.07, 6.45) is 3.38. The molecule has 0 aromatic heterocycles. The number of benzene rings is 1. The predicted molar refractivity (Wildman–Crippen MR) is 116 cm³/mol. The molecule has 2 fully saturated rings. The Hall–Kier alpha value is -2.90. The van der Waals surface area contributed by atoms with E-state index >= 15 is 0 Å². The quantitative estimate of drug-likeness (QED) is 0.677. The molecule has 1 saturated carbocycles.